The first-order chi connectivity index (χ1) is 12.5. The second kappa shape index (κ2) is 9.79. The van der Waals surface area contributed by atoms with Crippen molar-refractivity contribution in [2.24, 2.45) is 5.92 Å². The van der Waals surface area contributed by atoms with Crippen LogP contribution in [0.25, 0.3) is 11.0 Å². The maximum absolute atomic E-state index is 12.2. The smallest absolute Gasteiger partial charge is 0.407 e. The predicted molar refractivity (Wildman–Crippen MR) is 101 cm³/mol. The predicted octanol–water partition coefficient (Wildman–Crippen LogP) is 2.70. The Labute approximate surface area is 154 Å². The maximum atomic E-state index is 12.2. The molecule has 1 aromatic carbocycles. The van der Waals surface area contributed by atoms with Crippen LogP contribution in [0.4, 0.5) is 4.79 Å². The Kier molecular flexibility index (Phi) is 7.44. The van der Waals surface area contributed by atoms with Gasteiger partial charge in [-0.05, 0) is 31.4 Å². The zero-order valence-corrected chi connectivity index (χ0v) is 15.7. The number of carbonyl (C=O) groups is 2. The third kappa shape index (κ3) is 6.06. The number of hydrogen-bond acceptors (Lipinski definition) is 4. The number of hydrogen-bond donors (Lipinski definition) is 2. The molecule has 26 heavy (non-hydrogen) atoms. The molecule has 2 rings (SSSR count). The molecule has 0 aliphatic carbocycles. The van der Waals surface area contributed by atoms with Gasteiger partial charge in [0.15, 0.2) is 0 Å². The van der Waals surface area contributed by atoms with E-state index < -0.39 is 6.09 Å². The molecule has 0 saturated heterocycles. The van der Waals surface area contributed by atoms with Crippen LogP contribution in [-0.4, -0.2) is 40.7 Å². The van der Waals surface area contributed by atoms with Crippen LogP contribution in [0.5, 0.6) is 0 Å². The number of rotatable bonds is 9. The highest BCUT2D eigenvalue weighted by atomic mass is 16.5. The molecule has 1 unspecified atom stereocenters. The van der Waals surface area contributed by atoms with Gasteiger partial charge in [-0.2, -0.15) is 0 Å². The second-order valence-corrected chi connectivity index (χ2v) is 6.67. The average molecular weight is 360 g/mol. The topological polar surface area (TPSA) is 85.3 Å². The highest BCUT2D eigenvalue weighted by molar-refractivity contribution is 5.77. The van der Waals surface area contributed by atoms with Gasteiger partial charge in [-0.3, -0.25) is 4.79 Å². The van der Waals surface area contributed by atoms with E-state index in [1.165, 1.54) is 0 Å². The number of benzene rings is 1. The minimum absolute atomic E-state index is 0.0535. The number of nitrogens with one attached hydrogen (secondary N) is 2. The summed E-state index contributed by atoms with van der Waals surface area (Å²) >= 11 is 0. The standard InChI is InChI=1S/C19H28N4O3/c1-4-26-19(25)22-15(11-14(2)3)12-20-18(24)9-10-23-13-21-16-7-5-6-8-17(16)23/h5-8,13-15H,4,9-12H2,1-3H3,(H,20,24)(H,22,25). The number of aryl methyl sites for hydroxylation is 1. The first kappa shape index (κ1) is 19.8. The number of aromatic nitrogens is 2. The molecule has 1 heterocycles. The quantitative estimate of drug-likeness (QED) is 0.720. The van der Waals surface area contributed by atoms with Crippen LogP contribution in [0.1, 0.15) is 33.6 Å². The first-order valence-corrected chi connectivity index (χ1v) is 9.09. The fraction of sp³-hybridized carbons (Fsp3) is 0.526. The molecule has 142 valence electrons. The van der Waals surface area contributed by atoms with E-state index in [1.54, 1.807) is 13.3 Å². The fourth-order valence-electron chi connectivity index (χ4n) is 2.84. The van der Waals surface area contributed by atoms with E-state index in [4.69, 9.17) is 4.74 Å². The second-order valence-electron chi connectivity index (χ2n) is 6.67. The summed E-state index contributed by atoms with van der Waals surface area (Å²) in [6, 6.07) is 7.69. The number of amides is 2. The van der Waals surface area contributed by atoms with Gasteiger partial charge < -0.3 is 19.9 Å². The Balaban J connectivity index is 1.82. The van der Waals surface area contributed by atoms with E-state index in [9.17, 15) is 9.59 Å². The molecule has 0 aliphatic heterocycles. The van der Waals surface area contributed by atoms with Gasteiger partial charge in [0.2, 0.25) is 5.91 Å². The summed E-state index contributed by atoms with van der Waals surface area (Å²) in [5.74, 6) is 0.346. The van der Waals surface area contributed by atoms with Crippen molar-refractivity contribution in [3.63, 3.8) is 0 Å². The molecule has 2 N–H and O–H groups in total. The van der Waals surface area contributed by atoms with Crippen molar-refractivity contribution in [1.29, 1.82) is 0 Å². The van der Waals surface area contributed by atoms with Crippen LogP contribution < -0.4 is 10.6 Å². The average Bonchev–Trinajstić information content (AvgIpc) is 3.01. The monoisotopic (exact) mass is 360 g/mol. The summed E-state index contributed by atoms with van der Waals surface area (Å²) in [4.78, 5) is 28.1. The number of imidazole rings is 1. The van der Waals surface area contributed by atoms with E-state index in [0.717, 1.165) is 17.5 Å². The minimum atomic E-state index is -0.447. The third-order valence-electron chi connectivity index (χ3n) is 4.01. The molecule has 0 spiro atoms. The van der Waals surface area contributed by atoms with Crippen LogP contribution in [0.3, 0.4) is 0 Å². The fourth-order valence-corrected chi connectivity index (χ4v) is 2.84. The first-order valence-electron chi connectivity index (χ1n) is 9.09. The molecule has 7 nitrogen and oxygen atoms in total. The van der Waals surface area contributed by atoms with E-state index in [-0.39, 0.29) is 11.9 Å². The number of para-hydroxylation sites is 2. The number of fused-ring (bicyclic) bond motifs is 1. The van der Waals surface area contributed by atoms with Gasteiger partial charge in [-0.1, -0.05) is 26.0 Å². The van der Waals surface area contributed by atoms with Crippen LogP contribution in [-0.2, 0) is 16.1 Å². The summed E-state index contributed by atoms with van der Waals surface area (Å²) in [7, 11) is 0. The number of carbonyl (C=O) groups excluding carboxylic acids is 2. The molecular formula is C19H28N4O3. The number of alkyl carbamates (subject to hydrolysis) is 1. The summed E-state index contributed by atoms with van der Waals surface area (Å²) in [6.45, 7) is 7.19. The normalized spacial score (nSPS) is 12.2. The molecule has 0 fully saturated rings. The Morgan fingerprint density at radius 3 is 2.77 bits per heavy atom. The lowest BCUT2D eigenvalue weighted by molar-refractivity contribution is -0.121. The molecule has 0 radical (unpaired) electrons. The maximum Gasteiger partial charge on any atom is 0.407 e. The molecular weight excluding hydrogens is 332 g/mol. The van der Waals surface area contributed by atoms with Gasteiger partial charge in [0.05, 0.1) is 24.0 Å². The molecule has 2 aromatic rings. The minimum Gasteiger partial charge on any atom is -0.450 e. The Morgan fingerprint density at radius 1 is 1.27 bits per heavy atom. The number of nitrogens with zero attached hydrogens (tertiary/aromatic N) is 2. The zero-order chi connectivity index (χ0) is 18.9. The van der Waals surface area contributed by atoms with Crippen molar-refractivity contribution < 1.29 is 14.3 Å². The van der Waals surface area contributed by atoms with Gasteiger partial charge in [-0.25, -0.2) is 9.78 Å². The van der Waals surface area contributed by atoms with Gasteiger partial charge >= 0.3 is 6.09 Å². The van der Waals surface area contributed by atoms with Gasteiger partial charge in [0.25, 0.3) is 0 Å². The van der Waals surface area contributed by atoms with Crippen LogP contribution in [0.2, 0.25) is 0 Å². The lowest BCUT2D eigenvalue weighted by Crippen LogP contribution is -2.44. The van der Waals surface area contributed by atoms with Crippen LogP contribution in [0, 0.1) is 5.92 Å². The highest BCUT2D eigenvalue weighted by Gasteiger charge is 2.16. The molecule has 0 saturated carbocycles. The third-order valence-corrected chi connectivity index (χ3v) is 4.01. The molecule has 7 heteroatoms. The SMILES string of the molecule is CCOC(=O)NC(CNC(=O)CCn1cnc2ccccc21)CC(C)C. The zero-order valence-electron chi connectivity index (χ0n) is 15.7. The van der Waals surface area contributed by atoms with Crippen molar-refractivity contribution in [3.05, 3.63) is 30.6 Å². The van der Waals surface area contributed by atoms with Crippen molar-refractivity contribution in [1.82, 2.24) is 20.2 Å². The number of ether oxygens (including phenoxy) is 1. The molecule has 1 aromatic heterocycles. The highest BCUT2D eigenvalue weighted by Crippen LogP contribution is 2.12. The summed E-state index contributed by atoms with van der Waals surface area (Å²) in [5, 5.41) is 5.71. The van der Waals surface area contributed by atoms with Crippen molar-refractivity contribution in [2.75, 3.05) is 13.2 Å². The van der Waals surface area contributed by atoms with Crippen molar-refractivity contribution in [2.45, 2.75) is 46.2 Å². The van der Waals surface area contributed by atoms with Gasteiger partial charge in [0, 0.05) is 25.6 Å². The molecule has 2 amide bonds. The Morgan fingerprint density at radius 2 is 2.04 bits per heavy atom. The molecule has 0 bridgehead atoms. The lowest BCUT2D eigenvalue weighted by Gasteiger charge is -2.20. The summed E-state index contributed by atoms with van der Waals surface area (Å²) in [5.41, 5.74) is 1.94. The Bertz CT molecular complexity index is 726. The largest absolute Gasteiger partial charge is 0.450 e. The molecule has 0 aliphatic rings. The van der Waals surface area contributed by atoms with E-state index in [0.29, 0.717) is 32.0 Å². The summed E-state index contributed by atoms with van der Waals surface area (Å²) < 4.78 is 6.89. The molecule has 1 atom stereocenters. The van der Waals surface area contributed by atoms with E-state index >= 15 is 0 Å². The van der Waals surface area contributed by atoms with E-state index in [1.807, 2.05) is 28.8 Å². The van der Waals surface area contributed by atoms with Crippen molar-refractivity contribution >= 4 is 23.0 Å². The lowest BCUT2D eigenvalue weighted by atomic mass is 10.0. The summed E-state index contributed by atoms with van der Waals surface area (Å²) in [6.07, 6.45) is 2.43. The van der Waals surface area contributed by atoms with Crippen molar-refractivity contribution in [3.8, 4) is 0 Å². The van der Waals surface area contributed by atoms with Gasteiger partial charge in [-0.15, -0.1) is 0 Å². The van der Waals surface area contributed by atoms with Crippen LogP contribution >= 0.6 is 0 Å². The van der Waals surface area contributed by atoms with Gasteiger partial charge in [0.1, 0.15) is 0 Å². The Hall–Kier alpha value is -2.57. The van der Waals surface area contributed by atoms with Crippen LogP contribution in [0.15, 0.2) is 30.6 Å². The van der Waals surface area contributed by atoms with E-state index in [2.05, 4.69) is 29.5 Å².